The van der Waals surface area contributed by atoms with Crippen LogP contribution in [0.5, 0.6) is 0 Å². The summed E-state index contributed by atoms with van der Waals surface area (Å²) in [5.41, 5.74) is 10.1. The Bertz CT molecular complexity index is 480. The van der Waals surface area contributed by atoms with Crippen molar-refractivity contribution in [3.05, 3.63) is 12.0 Å². The molecule has 5 N–H and O–H groups in total. The van der Waals surface area contributed by atoms with Gasteiger partial charge in [0.2, 0.25) is 17.8 Å². The molecule has 0 spiro atoms. The van der Waals surface area contributed by atoms with E-state index in [-0.39, 0.29) is 24.9 Å². The first-order valence-electron chi connectivity index (χ1n) is 6.02. The highest BCUT2D eigenvalue weighted by Crippen LogP contribution is 2.16. The fourth-order valence-corrected chi connectivity index (χ4v) is 1.48. The molecule has 20 heavy (non-hydrogen) atoms. The van der Waals surface area contributed by atoms with E-state index in [9.17, 15) is 14.0 Å². The number of aromatic nitrogens is 2. The number of carbonyl (C=O) groups is 2. The SMILES string of the molecule is CCCNc1ncc(F)c(N(CC(N)=O)CC(N)=O)n1. The number of hydrogen-bond acceptors (Lipinski definition) is 6. The van der Waals surface area contributed by atoms with Gasteiger partial charge in [0.1, 0.15) is 0 Å². The van der Waals surface area contributed by atoms with Crippen molar-refractivity contribution in [2.75, 3.05) is 29.9 Å². The predicted octanol–water partition coefficient (Wildman–Crippen LogP) is -0.785. The number of halogens is 1. The van der Waals surface area contributed by atoms with E-state index in [1.807, 2.05) is 6.92 Å². The Balaban J connectivity index is 3.03. The van der Waals surface area contributed by atoms with Crippen molar-refractivity contribution in [1.29, 1.82) is 0 Å². The summed E-state index contributed by atoms with van der Waals surface area (Å²) in [6.07, 6.45) is 1.79. The maximum Gasteiger partial charge on any atom is 0.237 e. The Morgan fingerprint density at radius 2 is 1.95 bits per heavy atom. The van der Waals surface area contributed by atoms with Crippen LogP contribution in [0.25, 0.3) is 0 Å². The zero-order valence-corrected chi connectivity index (χ0v) is 11.1. The van der Waals surface area contributed by atoms with Crippen molar-refractivity contribution in [3.8, 4) is 0 Å². The molecule has 0 aliphatic rings. The molecule has 0 bridgehead atoms. The molecule has 1 rings (SSSR count). The number of carbonyl (C=O) groups excluding carboxylic acids is 2. The third-order valence-electron chi connectivity index (χ3n) is 2.25. The van der Waals surface area contributed by atoms with Crippen LogP contribution in [-0.4, -0.2) is 41.4 Å². The Kier molecular flexibility index (Phi) is 5.63. The minimum Gasteiger partial charge on any atom is -0.368 e. The second-order valence-corrected chi connectivity index (χ2v) is 4.08. The average Bonchev–Trinajstić information content (AvgIpc) is 2.36. The second-order valence-electron chi connectivity index (χ2n) is 4.08. The highest BCUT2D eigenvalue weighted by atomic mass is 19.1. The molecule has 110 valence electrons. The zero-order valence-electron chi connectivity index (χ0n) is 11.1. The third kappa shape index (κ3) is 4.67. The van der Waals surface area contributed by atoms with Gasteiger partial charge in [-0.1, -0.05) is 6.92 Å². The zero-order chi connectivity index (χ0) is 15.1. The smallest absolute Gasteiger partial charge is 0.237 e. The van der Waals surface area contributed by atoms with Gasteiger partial charge >= 0.3 is 0 Å². The van der Waals surface area contributed by atoms with Crippen molar-refractivity contribution in [1.82, 2.24) is 9.97 Å². The lowest BCUT2D eigenvalue weighted by atomic mass is 10.4. The number of hydrogen-bond donors (Lipinski definition) is 3. The number of nitrogens with two attached hydrogens (primary N) is 2. The number of amides is 2. The Labute approximate surface area is 115 Å². The lowest BCUT2D eigenvalue weighted by Gasteiger charge is -2.21. The summed E-state index contributed by atoms with van der Waals surface area (Å²) in [4.78, 5) is 30.7. The van der Waals surface area contributed by atoms with E-state index < -0.39 is 17.6 Å². The molecule has 0 saturated carbocycles. The second kappa shape index (κ2) is 7.22. The van der Waals surface area contributed by atoms with Crippen LogP contribution in [0.2, 0.25) is 0 Å². The summed E-state index contributed by atoms with van der Waals surface area (Å²) < 4.78 is 13.7. The van der Waals surface area contributed by atoms with Gasteiger partial charge in [0, 0.05) is 6.54 Å². The van der Waals surface area contributed by atoms with Gasteiger partial charge in [-0.2, -0.15) is 4.98 Å². The summed E-state index contributed by atoms with van der Waals surface area (Å²) in [5.74, 6) is -2.23. The molecule has 1 aromatic rings. The predicted molar refractivity (Wildman–Crippen MR) is 71.4 cm³/mol. The number of primary amides is 2. The van der Waals surface area contributed by atoms with Gasteiger partial charge in [-0.05, 0) is 6.42 Å². The molecular weight excluding hydrogens is 267 g/mol. The molecule has 1 aromatic heterocycles. The molecule has 0 fully saturated rings. The van der Waals surface area contributed by atoms with Crippen molar-refractivity contribution in [2.45, 2.75) is 13.3 Å². The molecule has 8 nitrogen and oxygen atoms in total. The number of nitrogens with zero attached hydrogens (tertiary/aromatic N) is 3. The largest absolute Gasteiger partial charge is 0.368 e. The summed E-state index contributed by atoms with van der Waals surface area (Å²) in [6, 6.07) is 0. The van der Waals surface area contributed by atoms with Crippen LogP contribution >= 0.6 is 0 Å². The number of rotatable bonds is 8. The van der Waals surface area contributed by atoms with Crippen molar-refractivity contribution >= 4 is 23.6 Å². The van der Waals surface area contributed by atoms with Crippen molar-refractivity contribution in [2.24, 2.45) is 11.5 Å². The molecule has 0 aromatic carbocycles. The van der Waals surface area contributed by atoms with Gasteiger partial charge in [0.25, 0.3) is 0 Å². The van der Waals surface area contributed by atoms with Crippen LogP contribution in [-0.2, 0) is 9.59 Å². The molecule has 0 aliphatic heterocycles. The standard InChI is InChI=1S/C11H17FN6O2/c1-2-3-15-11-16-4-7(12)10(17-11)18(5-8(13)19)6-9(14)20/h4H,2-3,5-6H2,1H3,(H2,13,19)(H2,14,20)(H,15,16,17). The molecule has 1 heterocycles. The monoisotopic (exact) mass is 284 g/mol. The molecule has 0 aliphatic carbocycles. The van der Waals surface area contributed by atoms with Crippen LogP contribution in [0.1, 0.15) is 13.3 Å². The van der Waals surface area contributed by atoms with Crippen LogP contribution in [0, 0.1) is 5.82 Å². The summed E-state index contributed by atoms with van der Waals surface area (Å²) >= 11 is 0. The Morgan fingerprint density at radius 3 is 2.45 bits per heavy atom. The van der Waals surface area contributed by atoms with Crippen LogP contribution in [0.4, 0.5) is 16.2 Å². The van der Waals surface area contributed by atoms with Crippen LogP contribution in [0.15, 0.2) is 6.20 Å². The molecule has 0 unspecified atom stereocenters. The van der Waals surface area contributed by atoms with Crippen molar-refractivity contribution < 1.29 is 14.0 Å². The van der Waals surface area contributed by atoms with Gasteiger partial charge in [-0.15, -0.1) is 0 Å². The molecule has 0 saturated heterocycles. The molecule has 0 atom stereocenters. The fraction of sp³-hybridized carbons (Fsp3) is 0.455. The third-order valence-corrected chi connectivity index (χ3v) is 2.25. The molecule has 2 amide bonds. The van der Waals surface area contributed by atoms with E-state index in [2.05, 4.69) is 15.3 Å². The minimum absolute atomic E-state index is 0.196. The van der Waals surface area contributed by atoms with E-state index in [1.54, 1.807) is 0 Å². The van der Waals surface area contributed by atoms with E-state index in [0.29, 0.717) is 6.54 Å². The lowest BCUT2D eigenvalue weighted by molar-refractivity contribution is -0.117. The van der Waals surface area contributed by atoms with E-state index in [4.69, 9.17) is 11.5 Å². The molecule has 0 radical (unpaired) electrons. The van der Waals surface area contributed by atoms with Gasteiger partial charge in [-0.3, -0.25) is 9.59 Å². The first kappa shape index (κ1) is 15.6. The van der Waals surface area contributed by atoms with E-state index >= 15 is 0 Å². The Morgan fingerprint density at radius 1 is 1.35 bits per heavy atom. The summed E-state index contributed by atoms with van der Waals surface area (Å²) in [6.45, 7) is 1.81. The summed E-state index contributed by atoms with van der Waals surface area (Å²) in [7, 11) is 0. The van der Waals surface area contributed by atoms with Gasteiger partial charge < -0.3 is 21.7 Å². The minimum atomic E-state index is -0.769. The fourth-order valence-electron chi connectivity index (χ4n) is 1.48. The topological polar surface area (TPSA) is 127 Å². The average molecular weight is 284 g/mol. The highest BCUT2D eigenvalue weighted by Gasteiger charge is 2.18. The van der Waals surface area contributed by atoms with E-state index in [0.717, 1.165) is 17.5 Å². The molecule has 9 heteroatoms. The number of anilines is 2. The quantitative estimate of drug-likeness (QED) is 0.574. The maximum atomic E-state index is 13.7. The maximum absolute atomic E-state index is 13.7. The van der Waals surface area contributed by atoms with Gasteiger partial charge in [-0.25, -0.2) is 9.37 Å². The number of nitrogens with one attached hydrogen (secondary N) is 1. The van der Waals surface area contributed by atoms with Crippen LogP contribution in [0.3, 0.4) is 0 Å². The van der Waals surface area contributed by atoms with Crippen molar-refractivity contribution in [3.63, 3.8) is 0 Å². The summed E-state index contributed by atoms with van der Waals surface area (Å²) in [5, 5.41) is 2.88. The molecular formula is C11H17FN6O2. The lowest BCUT2D eigenvalue weighted by Crippen LogP contribution is -2.40. The van der Waals surface area contributed by atoms with Crippen LogP contribution < -0.4 is 21.7 Å². The first-order chi connectivity index (χ1) is 9.43. The van der Waals surface area contributed by atoms with Gasteiger partial charge in [0.15, 0.2) is 11.6 Å². The normalized spacial score (nSPS) is 10.1. The first-order valence-corrected chi connectivity index (χ1v) is 6.02. The highest BCUT2D eigenvalue weighted by molar-refractivity contribution is 5.84. The van der Waals surface area contributed by atoms with Gasteiger partial charge in [0.05, 0.1) is 19.3 Å². The van der Waals surface area contributed by atoms with E-state index in [1.165, 1.54) is 0 Å². The Hall–Kier alpha value is -2.45.